The van der Waals surface area contributed by atoms with Gasteiger partial charge in [-0.15, -0.1) is 5.10 Å². The molecule has 0 unspecified atom stereocenters. The van der Waals surface area contributed by atoms with E-state index in [1.165, 1.54) is 16.8 Å². The molecule has 9 heteroatoms. The first-order valence-electron chi connectivity index (χ1n) is 10.1. The molecule has 4 rings (SSSR count). The monoisotopic (exact) mass is 422 g/mol. The van der Waals surface area contributed by atoms with Crippen LogP contribution in [0, 0.1) is 12.7 Å². The highest BCUT2D eigenvalue weighted by molar-refractivity contribution is 6.03. The summed E-state index contributed by atoms with van der Waals surface area (Å²) in [5, 5.41) is 11.0. The number of aryl methyl sites for hydroxylation is 1. The molecule has 1 amide bonds. The fourth-order valence-corrected chi connectivity index (χ4v) is 3.39. The maximum Gasteiger partial charge on any atom is 0.280 e. The van der Waals surface area contributed by atoms with E-state index in [1.807, 2.05) is 35.8 Å². The van der Waals surface area contributed by atoms with Crippen molar-refractivity contribution in [1.29, 1.82) is 0 Å². The SMILES string of the molecule is CCOCCCn1c(NC(=O)c2nnn(-c3ccc(F)cc3)c2C)nc2ccccc21. The summed E-state index contributed by atoms with van der Waals surface area (Å²) in [5.41, 5.74) is 3.07. The van der Waals surface area contributed by atoms with E-state index in [1.54, 1.807) is 19.1 Å². The van der Waals surface area contributed by atoms with Crippen LogP contribution in [0.4, 0.5) is 10.3 Å². The Hall–Kier alpha value is -3.59. The third-order valence-corrected chi connectivity index (χ3v) is 4.94. The topological polar surface area (TPSA) is 86.9 Å². The summed E-state index contributed by atoms with van der Waals surface area (Å²) in [5.74, 6) is -0.312. The first kappa shape index (κ1) is 20.7. The Labute approximate surface area is 178 Å². The Balaban J connectivity index is 1.59. The number of carbonyl (C=O) groups is 1. The number of hydrogen-bond acceptors (Lipinski definition) is 5. The number of anilines is 1. The second kappa shape index (κ2) is 9.05. The van der Waals surface area contributed by atoms with Crippen LogP contribution in [-0.2, 0) is 11.3 Å². The van der Waals surface area contributed by atoms with Gasteiger partial charge in [-0.2, -0.15) is 0 Å². The third kappa shape index (κ3) is 4.31. The van der Waals surface area contributed by atoms with E-state index in [2.05, 4.69) is 20.6 Å². The van der Waals surface area contributed by atoms with Crippen molar-refractivity contribution in [3.63, 3.8) is 0 Å². The lowest BCUT2D eigenvalue weighted by atomic mass is 10.3. The zero-order valence-corrected chi connectivity index (χ0v) is 17.4. The fraction of sp³-hybridized carbons (Fsp3) is 0.273. The number of halogens is 1. The number of benzene rings is 2. The first-order chi connectivity index (χ1) is 15.1. The van der Waals surface area contributed by atoms with E-state index in [4.69, 9.17) is 4.74 Å². The molecule has 0 aliphatic carbocycles. The van der Waals surface area contributed by atoms with Crippen molar-refractivity contribution in [2.24, 2.45) is 0 Å². The fourth-order valence-electron chi connectivity index (χ4n) is 3.39. The van der Waals surface area contributed by atoms with Crippen molar-refractivity contribution >= 4 is 22.9 Å². The van der Waals surface area contributed by atoms with Crippen molar-refractivity contribution in [2.75, 3.05) is 18.5 Å². The molecule has 0 aliphatic rings. The minimum Gasteiger partial charge on any atom is -0.382 e. The van der Waals surface area contributed by atoms with E-state index < -0.39 is 5.91 Å². The number of aromatic nitrogens is 5. The normalized spacial score (nSPS) is 11.2. The number of carbonyl (C=O) groups excluding carboxylic acids is 1. The lowest BCUT2D eigenvalue weighted by Crippen LogP contribution is -2.18. The number of hydrogen-bond donors (Lipinski definition) is 1. The van der Waals surface area contributed by atoms with Crippen LogP contribution in [0.25, 0.3) is 16.7 Å². The van der Waals surface area contributed by atoms with Crippen molar-refractivity contribution in [1.82, 2.24) is 24.5 Å². The molecule has 8 nitrogen and oxygen atoms in total. The molecule has 0 spiro atoms. The largest absolute Gasteiger partial charge is 0.382 e. The zero-order valence-electron chi connectivity index (χ0n) is 17.4. The molecule has 0 saturated carbocycles. The average molecular weight is 422 g/mol. The van der Waals surface area contributed by atoms with Crippen molar-refractivity contribution in [2.45, 2.75) is 26.8 Å². The van der Waals surface area contributed by atoms with Crippen LogP contribution in [0.1, 0.15) is 29.5 Å². The van der Waals surface area contributed by atoms with Gasteiger partial charge in [-0.3, -0.25) is 10.1 Å². The summed E-state index contributed by atoms with van der Waals surface area (Å²) in [6.07, 6.45) is 0.789. The van der Waals surface area contributed by atoms with Crippen molar-refractivity contribution in [3.05, 3.63) is 65.7 Å². The maximum atomic E-state index is 13.2. The number of ether oxygens (including phenoxy) is 1. The summed E-state index contributed by atoms with van der Waals surface area (Å²) in [7, 11) is 0. The second-order valence-corrected chi connectivity index (χ2v) is 6.99. The van der Waals surface area contributed by atoms with Gasteiger partial charge in [0.05, 0.1) is 22.4 Å². The van der Waals surface area contributed by atoms with E-state index in [0.717, 1.165) is 17.5 Å². The van der Waals surface area contributed by atoms with Gasteiger partial charge in [-0.1, -0.05) is 17.3 Å². The lowest BCUT2D eigenvalue weighted by Gasteiger charge is -2.10. The quantitative estimate of drug-likeness (QED) is 0.437. The molecule has 0 atom stereocenters. The molecular weight excluding hydrogens is 399 g/mol. The molecule has 4 aromatic rings. The minimum atomic E-state index is -0.410. The van der Waals surface area contributed by atoms with Gasteiger partial charge < -0.3 is 9.30 Å². The first-order valence-corrected chi connectivity index (χ1v) is 10.1. The highest BCUT2D eigenvalue weighted by atomic mass is 19.1. The predicted molar refractivity (Wildman–Crippen MR) is 115 cm³/mol. The Morgan fingerprint density at radius 2 is 1.94 bits per heavy atom. The average Bonchev–Trinajstić information content (AvgIpc) is 3.32. The third-order valence-electron chi connectivity index (χ3n) is 4.94. The molecule has 2 aromatic heterocycles. The van der Waals surface area contributed by atoms with Crippen LogP contribution in [-0.4, -0.2) is 43.7 Å². The molecule has 31 heavy (non-hydrogen) atoms. The number of para-hydroxylation sites is 2. The van der Waals surface area contributed by atoms with E-state index >= 15 is 0 Å². The number of nitrogens with one attached hydrogen (secondary N) is 1. The molecule has 2 heterocycles. The van der Waals surface area contributed by atoms with Gasteiger partial charge in [0.15, 0.2) is 5.69 Å². The van der Waals surface area contributed by atoms with Crippen LogP contribution >= 0.6 is 0 Å². The predicted octanol–water partition coefficient (Wildman–Crippen LogP) is 3.74. The van der Waals surface area contributed by atoms with Gasteiger partial charge in [-0.05, 0) is 56.7 Å². The van der Waals surface area contributed by atoms with Crippen LogP contribution in [0.15, 0.2) is 48.5 Å². The van der Waals surface area contributed by atoms with Gasteiger partial charge in [0, 0.05) is 19.8 Å². The smallest absolute Gasteiger partial charge is 0.280 e. The zero-order chi connectivity index (χ0) is 21.8. The van der Waals surface area contributed by atoms with Crippen LogP contribution in [0.3, 0.4) is 0 Å². The van der Waals surface area contributed by atoms with Crippen LogP contribution in [0.5, 0.6) is 0 Å². The number of amides is 1. The van der Waals surface area contributed by atoms with Crippen molar-refractivity contribution in [3.8, 4) is 5.69 Å². The van der Waals surface area contributed by atoms with Gasteiger partial charge in [0.1, 0.15) is 5.82 Å². The Bertz CT molecular complexity index is 1200. The van der Waals surface area contributed by atoms with Gasteiger partial charge in [0.25, 0.3) is 5.91 Å². The van der Waals surface area contributed by atoms with E-state index in [-0.39, 0.29) is 11.5 Å². The van der Waals surface area contributed by atoms with Gasteiger partial charge in [0.2, 0.25) is 5.95 Å². The summed E-state index contributed by atoms with van der Waals surface area (Å²) in [4.78, 5) is 17.5. The molecule has 0 bridgehead atoms. The maximum absolute atomic E-state index is 13.2. The summed E-state index contributed by atoms with van der Waals surface area (Å²) < 4.78 is 22.1. The Morgan fingerprint density at radius 3 is 2.71 bits per heavy atom. The highest BCUT2D eigenvalue weighted by Crippen LogP contribution is 2.21. The molecule has 2 aromatic carbocycles. The van der Waals surface area contributed by atoms with Crippen LogP contribution < -0.4 is 5.32 Å². The second-order valence-electron chi connectivity index (χ2n) is 6.99. The summed E-state index contributed by atoms with van der Waals surface area (Å²) >= 11 is 0. The Kier molecular flexibility index (Phi) is 6.03. The van der Waals surface area contributed by atoms with E-state index in [0.29, 0.717) is 37.1 Å². The molecule has 0 fully saturated rings. The number of fused-ring (bicyclic) bond motifs is 1. The Morgan fingerprint density at radius 1 is 1.16 bits per heavy atom. The summed E-state index contributed by atoms with van der Waals surface area (Å²) in [6.45, 7) is 5.64. The minimum absolute atomic E-state index is 0.178. The lowest BCUT2D eigenvalue weighted by molar-refractivity contribution is 0.102. The molecule has 0 saturated heterocycles. The van der Waals surface area contributed by atoms with Gasteiger partial charge in [-0.25, -0.2) is 14.1 Å². The molecule has 0 radical (unpaired) electrons. The number of nitrogens with zero attached hydrogens (tertiary/aromatic N) is 5. The highest BCUT2D eigenvalue weighted by Gasteiger charge is 2.20. The molecular formula is C22H23FN6O2. The molecule has 0 aliphatic heterocycles. The molecule has 1 N–H and O–H groups in total. The molecule has 160 valence electrons. The van der Waals surface area contributed by atoms with Gasteiger partial charge >= 0.3 is 0 Å². The van der Waals surface area contributed by atoms with Crippen molar-refractivity contribution < 1.29 is 13.9 Å². The summed E-state index contributed by atoms with van der Waals surface area (Å²) in [6, 6.07) is 13.5. The van der Waals surface area contributed by atoms with E-state index in [9.17, 15) is 9.18 Å². The standard InChI is InChI=1S/C22H23FN6O2/c1-3-31-14-6-13-28-19-8-5-4-7-18(19)24-22(28)25-21(30)20-15(2)29(27-26-20)17-11-9-16(23)10-12-17/h4-5,7-12H,3,6,13-14H2,1-2H3,(H,24,25,30). The number of imidazole rings is 1. The van der Waals surface area contributed by atoms with Crippen LogP contribution in [0.2, 0.25) is 0 Å². The number of rotatable bonds is 8.